The molecule has 0 aliphatic heterocycles. The van der Waals surface area contributed by atoms with Crippen LogP contribution in [0.1, 0.15) is 18.4 Å². The zero-order chi connectivity index (χ0) is 10.5. The fourth-order valence-corrected chi connectivity index (χ4v) is 1.55. The topological polar surface area (TPSA) is 20.2 Å². The van der Waals surface area contributed by atoms with Crippen molar-refractivity contribution in [2.24, 2.45) is 0 Å². The van der Waals surface area contributed by atoms with Gasteiger partial charge in [-0.15, -0.1) is 0 Å². The summed E-state index contributed by atoms with van der Waals surface area (Å²) in [6.45, 7) is 0. The Morgan fingerprint density at radius 3 is 2.40 bits per heavy atom. The second-order valence-electron chi connectivity index (χ2n) is 3.64. The summed E-state index contributed by atoms with van der Waals surface area (Å²) in [5.74, 6) is 0.479. The van der Waals surface area contributed by atoms with E-state index in [1.54, 1.807) is 6.08 Å². The van der Waals surface area contributed by atoms with Crippen LogP contribution in [-0.2, 0) is 0 Å². The summed E-state index contributed by atoms with van der Waals surface area (Å²) in [5, 5.41) is 9.20. The highest BCUT2D eigenvalue weighted by molar-refractivity contribution is 5.53. The third-order valence-electron chi connectivity index (χ3n) is 2.45. The maximum atomic E-state index is 9.20. The average molecular weight is 198 g/mol. The molecule has 76 valence electrons. The van der Waals surface area contributed by atoms with E-state index >= 15 is 0 Å². The Hall–Kier alpha value is -1.76. The molecule has 1 aliphatic rings. The van der Waals surface area contributed by atoms with Gasteiger partial charge in [0.05, 0.1) is 5.76 Å². The van der Waals surface area contributed by atoms with Crippen molar-refractivity contribution in [2.45, 2.75) is 12.8 Å². The van der Waals surface area contributed by atoms with E-state index in [1.165, 1.54) is 11.1 Å². The third-order valence-corrected chi connectivity index (χ3v) is 2.45. The maximum Gasteiger partial charge on any atom is 0.0926 e. The first kappa shape index (κ1) is 9.78. The Bertz CT molecular complexity index is 410. The summed E-state index contributed by atoms with van der Waals surface area (Å²) in [6.07, 6.45) is 9.63. The second kappa shape index (κ2) is 4.65. The summed E-state index contributed by atoms with van der Waals surface area (Å²) in [7, 11) is 0. The fraction of sp³-hybridized carbons (Fsp3) is 0.143. The number of allylic oxidation sites excluding steroid dienone is 5. The summed E-state index contributed by atoms with van der Waals surface area (Å²) < 4.78 is 0. The van der Waals surface area contributed by atoms with Crippen molar-refractivity contribution in [1.29, 1.82) is 0 Å². The summed E-state index contributed by atoms with van der Waals surface area (Å²) in [4.78, 5) is 0. The van der Waals surface area contributed by atoms with E-state index in [9.17, 15) is 5.11 Å². The molecular weight excluding hydrogens is 184 g/mol. The Balaban J connectivity index is 2.07. The Kier molecular flexibility index (Phi) is 3.03. The van der Waals surface area contributed by atoms with E-state index < -0.39 is 0 Å². The molecule has 0 amide bonds. The molecule has 1 aliphatic carbocycles. The van der Waals surface area contributed by atoms with Crippen LogP contribution >= 0.6 is 0 Å². The number of hydrogen-bond acceptors (Lipinski definition) is 1. The van der Waals surface area contributed by atoms with E-state index in [2.05, 4.69) is 24.3 Å². The molecule has 2 rings (SSSR count). The molecule has 0 bridgehead atoms. The van der Waals surface area contributed by atoms with Crippen molar-refractivity contribution in [3.05, 3.63) is 65.5 Å². The van der Waals surface area contributed by atoms with Gasteiger partial charge in [-0.05, 0) is 23.6 Å². The predicted molar refractivity (Wildman–Crippen MR) is 63.5 cm³/mol. The molecule has 0 saturated carbocycles. The number of rotatable bonds is 2. The predicted octanol–water partition coefficient (Wildman–Crippen LogP) is 3.86. The van der Waals surface area contributed by atoms with Crippen LogP contribution in [0.15, 0.2) is 59.9 Å². The van der Waals surface area contributed by atoms with Gasteiger partial charge in [-0.2, -0.15) is 0 Å². The van der Waals surface area contributed by atoms with Crippen molar-refractivity contribution in [2.75, 3.05) is 0 Å². The minimum atomic E-state index is 0.479. The fourth-order valence-electron chi connectivity index (χ4n) is 1.55. The zero-order valence-electron chi connectivity index (χ0n) is 8.56. The molecule has 0 radical (unpaired) electrons. The van der Waals surface area contributed by atoms with E-state index in [4.69, 9.17) is 0 Å². The van der Waals surface area contributed by atoms with Crippen LogP contribution in [0.4, 0.5) is 0 Å². The molecule has 0 fully saturated rings. The molecule has 1 aromatic rings. The summed E-state index contributed by atoms with van der Waals surface area (Å²) in [5.41, 5.74) is 2.47. The standard InChI is InChI=1S/C14H14O/c15-14-10-8-13(9-11-14)7-6-12-4-2-1-3-5-12/h1-8,10,15H,9,11H2/b7-6+. The first-order valence-electron chi connectivity index (χ1n) is 5.16. The third kappa shape index (κ3) is 2.84. The van der Waals surface area contributed by atoms with Crippen molar-refractivity contribution >= 4 is 6.08 Å². The van der Waals surface area contributed by atoms with Gasteiger partial charge in [0.15, 0.2) is 0 Å². The largest absolute Gasteiger partial charge is 0.512 e. The first-order chi connectivity index (χ1) is 7.34. The normalized spacial score (nSPS) is 16.3. The van der Waals surface area contributed by atoms with Crippen molar-refractivity contribution < 1.29 is 5.11 Å². The Morgan fingerprint density at radius 1 is 0.933 bits per heavy atom. The molecule has 1 aromatic carbocycles. The Labute approximate surface area is 90.1 Å². The van der Waals surface area contributed by atoms with Gasteiger partial charge in [-0.3, -0.25) is 0 Å². The minimum Gasteiger partial charge on any atom is -0.512 e. The quantitative estimate of drug-likeness (QED) is 0.765. The highest BCUT2D eigenvalue weighted by Crippen LogP contribution is 2.18. The van der Waals surface area contributed by atoms with Crippen LogP contribution < -0.4 is 0 Å². The van der Waals surface area contributed by atoms with Gasteiger partial charge in [0.1, 0.15) is 0 Å². The van der Waals surface area contributed by atoms with E-state index in [-0.39, 0.29) is 0 Å². The van der Waals surface area contributed by atoms with E-state index in [0.29, 0.717) is 5.76 Å². The highest BCUT2D eigenvalue weighted by Gasteiger charge is 2.01. The molecule has 0 atom stereocenters. The van der Waals surface area contributed by atoms with Crippen LogP contribution in [0.5, 0.6) is 0 Å². The molecule has 0 saturated heterocycles. The molecule has 0 spiro atoms. The molecule has 1 heteroatoms. The summed E-state index contributed by atoms with van der Waals surface area (Å²) >= 11 is 0. The lowest BCUT2D eigenvalue weighted by Gasteiger charge is -2.06. The monoisotopic (exact) mass is 198 g/mol. The van der Waals surface area contributed by atoms with Gasteiger partial charge >= 0.3 is 0 Å². The number of aliphatic hydroxyl groups is 1. The number of hydrogen-bond donors (Lipinski definition) is 1. The molecular formula is C14H14O. The zero-order valence-corrected chi connectivity index (χ0v) is 8.56. The lowest BCUT2D eigenvalue weighted by Crippen LogP contribution is -1.89. The summed E-state index contributed by atoms with van der Waals surface area (Å²) in [6, 6.07) is 10.2. The highest BCUT2D eigenvalue weighted by atomic mass is 16.3. The lowest BCUT2D eigenvalue weighted by molar-refractivity contribution is 0.386. The lowest BCUT2D eigenvalue weighted by atomic mass is 10.0. The smallest absolute Gasteiger partial charge is 0.0926 e. The van der Waals surface area contributed by atoms with Gasteiger partial charge in [-0.25, -0.2) is 0 Å². The number of benzene rings is 1. The van der Waals surface area contributed by atoms with Crippen molar-refractivity contribution in [3.8, 4) is 0 Å². The van der Waals surface area contributed by atoms with Crippen LogP contribution in [-0.4, -0.2) is 5.11 Å². The average Bonchev–Trinajstić information content (AvgIpc) is 2.30. The number of aliphatic hydroxyl groups excluding tert-OH is 1. The van der Waals surface area contributed by atoms with Crippen molar-refractivity contribution in [1.82, 2.24) is 0 Å². The van der Waals surface area contributed by atoms with Gasteiger partial charge in [-0.1, -0.05) is 48.6 Å². The first-order valence-corrected chi connectivity index (χ1v) is 5.16. The molecule has 15 heavy (non-hydrogen) atoms. The SMILES string of the molecule is OC1=CC=C(/C=C/c2ccccc2)CC1. The van der Waals surface area contributed by atoms with Crippen LogP contribution in [0.2, 0.25) is 0 Å². The van der Waals surface area contributed by atoms with Gasteiger partial charge < -0.3 is 5.11 Å². The van der Waals surface area contributed by atoms with Gasteiger partial charge in [0, 0.05) is 6.42 Å². The maximum absolute atomic E-state index is 9.20. The molecule has 0 unspecified atom stereocenters. The van der Waals surface area contributed by atoms with Crippen LogP contribution in [0, 0.1) is 0 Å². The second-order valence-corrected chi connectivity index (χ2v) is 3.64. The Morgan fingerprint density at radius 2 is 1.73 bits per heavy atom. The van der Waals surface area contributed by atoms with Crippen molar-refractivity contribution in [3.63, 3.8) is 0 Å². The van der Waals surface area contributed by atoms with Gasteiger partial charge in [0.2, 0.25) is 0 Å². The van der Waals surface area contributed by atoms with Gasteiger partial charge in [0.25, 0.3) is 0 Å². The van der Waals surface area contributed by atoms with E-state index in [1.807, 2.05) is 24.3 Å². The molecule has 0 aromatic heterocycles. The molecule has 1 N–H and O–H groups in total. The van der Waals surface area contributed by atoms with Crippen LogP contribution in [0.25, 0.3) is 6.08 Å². The minimum absolute atomic E-state index is 0.479. The van der Waals surface area contributed by atoms with Crippen LogP contribution in [0.3, 0.4) is 0 Å². The van der Waals surface area contributed by atoms with E-state index in [0.717, 1.165) is 12.8 Å². The molecule has 0 heterocycles. The molecule has 1 nitrogen and oxygen atoms in total.